The number of carbonyl (C=O) groups is 2. The van der Waals surface area contributed by atoms with Crippen LogP contribution in [0, 0.1) is 5.82 Å². The van der Waals surface area contributed by atoms with E-state index in [4.69, 9.17) is 24.5 Å². The van der Waals surface area contributed by atoms with Crippen molar-refractivity contribution in [1.82, 2.24) is 9.72 Å². The maximum Gasteiger partial charge on any atom is 0.414 e. The number of cyclic esters (lactones) is 1. The fraction of sp³-hybridized carbons (Fsp3) is 0.286. The lowest BCUT2D eigenvalue weighted by molar-refractivity contribution is -0.388. The molecule has 2 aromatic heterocycles. The van der Waals surface area contributed by atoms with Crippen molar-refractivity contribution in [2.24, 2.45) is 5.73 Å². The number of aromatic carboxylic acids is 1. The van der Waals surface area contributed by atoms with Crippen molar-refractivity contribution in [2.75, 3.05) is 18.0 Å². The van der Waals surface area contributed by atoms with Crippen molar-refractivity contribution < 1.29 is 37.8 Å². The molecule has 172 valence electrons. The summed E-state index contributed by atoms with van der Waals surface area (Å²) in [6.07, 6.45) is 0.628. The van der Waals surface area contributed by atoms with Crippen molar-refractivity contribution in [3.05, 3.63) is 53.8 Å². The Morgan fingerprint density at radius 2 is 2.12 bits per heavy atom. The molecule has 5 rings (SSSR count). The standard InChI is InChI=1S/C21H19FN4O7/c1-10-30-20(31-10)18-16(19(27)28)17(24-33-18)11-4-5-25(8-11)15-3-2-12(6-14(15)22)26-9-13(7-23)32-21(26)29/h2-6,8,10,13,20H,7,9,23H2,1H3,(H,27,28)/t10?,13-,20?/m0/s1. The second kappa shape index (κ2) is 7.99. The van der Waals surface area contributed by atoms with Crippen LogP contribution < -0.4 is 10.6 Å². The summed E-state index contributed by atoms with van der Waals surface area (Å²) >= 11 is 0. The zero-order chi connectivity index (χ0) is 23.3. The summed E-state index contributed by atoms with van der Waals surface area (Å²) in [5.41, 5.74) is 6.33. The molecule has 0 spiro atoms. The first kappa shape index (κ1) is 21.1. The van der Waals surface area contributed by atoms with E-state index in [1.165, 1.54) is 27.8 Å². The average Bonchev–Trinajstić information content (AvgIpc) is 3.48. The molecule has 0 saturated carbocycles. The minimum Gasteiger partial charge on any atom is -0.477 e. The van der Waals surface area contributed by atoms with Crippen molar-refractivity contribution in [2.45, 2.75) is 25.6 Å². The number of benzene rings is 1. The van der Waals surface area contributed by atoms with Crippen LogP contribution in [0.25, 0.3) is 16.9 Å². The van der Waals surface area contributed by atoms with Gasteiger partial charge < -0.3 is 34.1 Å². The van der Waals surface area contributed by atoms with Crippen LogP contribution in [0.4, 0.5) is 14.9 Å². The molecule has 0 bridgehead atoms. The molecule has 1 amide bonds. The molecule has 1 atom stereocenters. The summed E-state index contributed by atoms with van der Waals surface area (Å²) in [6.45, 7) is 2.08. The van der Waals surface area contributed by atoms with Gasteiger partial charge in [-0.3, -0.25) is 4.90 Å². The Kier molecular flexibility index (Phi) is 5.12. The number of hydrogen-bond acceptors (Lipinski definition) is 8. The van der Waals surface area contributed by atoms with Crippen molar-refractivity contribution in [1.29, 1.82) is 0 Å². The lowest BCUT2D eigenvalue weighted by Crippen LogP contribution is -2.32. The molecule has 3 N–H and O–H groups in total. The summed E-state index contributed by atoms with van der Waals surface area (Å²) in [6, 6.07) is 5.89. The van der Waals surface area contributed by atoms with E-state index in [1.807, 2.05) is 0 Å². The summed E-state index contributed by atoms with van der Waals surface area (Å²) in [7, 11) is 0. The third-order valence-electron chi connectivity index (χ3n) is 5.40. The Bertz CT molecular complexity index is 1230. The molecule has 4 heterocycles. The smallest absolute Gasteiger partial charge is 0.414 e. The second-order valence-corrected chi connectivity index (χ2v) is 7.54. The van der Waals surface area contributed by atoms with Crippen LogP contribution in [0.15, 0.2) is 41.2 Å². The van der Waals surface area contributed by atoms with Gasteiger partial charge in [-0.1, -0.05) is 5.16 Å². The van der Waals surface area contributed by atoms with Gasteiger partial charge in [-0.05, 0) is 31.2 Å². The number of aromatic nitrogens is 2. The Labute approximate surface area is 186 Å². The van der Waals surface area contributed by atoms with Crippen molar-refractivity contribution >= 4 is 17.7 Å². The highest BCUT2D eigenvalue weighted by molar-refractivity contribution is 5.96. The summed E-state index contributed by atoms with van der Waals surface area (Å²) < 4.78 is 37.3. The highest BCUT2D eigenvalue weighted by Gasteiger charge is 2.38. The van der Waals surface area contributed by atoms with E-state index < -0.39 is 36.6 Å². The van der Waals surface area contributed by atoms with Crippen molar-refractivity contribution in [3.8, 4) is 16.9 Å². The fourth-order valence-corrected chi connectivity index (χ4v) is 3.76. The molecule has 0 aliphatic carbocycles. The minimum atomic E-state index is -1.26. The summed E-state index contributed by atoms with van der Waals surface area (Å²) in [4.78, 5) is 25.1. The normalized spacial score (nSPS) is 22.3. The van der Waals surface area contributed by atoms with Crippen molar-refractivity contribution in [3.63, 3.8) is 0 Å². The molecule has 12 heteroatoms. The number of nitrogens with zero attached hydrogens (tertiary/aromatic N) is 3. The molecule has 2 fully saturated rings. The number of carbonyl (C=O) groups excluding carboxylic acids is 1. The maximum atomic E-state index is 14.9. The molecule has 11 nitrogen and oxygen atoms in total. The number of carboxylic acids is 1. The predicted octanol–water partition coefficient (Wildman–Crippen LogP) is 2.64. The van der Waals surface area contributed by atoms with Gasteiger partial charge in [0.25, 0.3) is 0 Å². The lowest BCUT2D eigenvalue weighted by Gasteiger charge is -2.31. The topological polar surface area (TPSA) is 142 Å². The first-order chi connectivity index (χ1) is 15.9. The minimum absolute atomic E-state index is 0.0489. The van der Waals surface area contributed by atoms with E-state index in [-0.39, 0.29) is 35.8 Å². The molecule has 0 unspecified atom stereocenters. The Balaban J connectivity index is 1.43. The molecule has 2 aliphatic rings. The third-order valence-corrected chi connectivity index (χ3v) is 5.40. The van der Waals surface area contributed by atoms with Crippen LogP contribution in [-0.2, 0) is 14.2 Å². The molecule has 2 saturated heterocycles. The number of carboxylic acid groups (broad SMARTS) is 1. The lowest BCUT2D eigenvalue weighted by atomic mass is 10.1. The third kappa shape index (κ3) is 3.63. The van der Waals surface area contributed by atoms with Gasteiger partial charge in [-0.15, -0.1) is 0 Å². The van der Waals surface area contributed by atoms with E-state index in [0.717, 1.165) is 0 Å². The number of nitrogens with two attached hydrogens (primary N) is 1. The molecule has 33 heavy (non-hydrogen) atoms. The molecule has 2 aliphatic heterocycles. The highest BCUT2D eigenvalue weighted by Crippen LogP contribution is 2.37. The number of rotatable bonds is 6. The largest absolute Gasteiger partial charge is 0.477 e. The molecule has 1 aromatic carbocycles. The number of hydrogen-bond donors (Lipinski definition) is 2. The zero-order valence-corrected chi connectivity index (χ0v) is 17.3. The highest BCUT2D eigenvalue weighted by atomic mass is 19.1. The van der Waals surface area contributed by atoms with Crippen LogP contribution in [0.1, 0.15) is 29.3 Å². The van der Waals surface area contributed by atoms with Crippen LogP contribution in [0.2, 0.25) is 0 Å². The molecule has 0 radical (unpaired) electrons. The Hall–Kier alpha value is -3.74. The second-order valence-electron chi connectivity index (χ2n) is 7.54. The van der Waals surface area contributed by atoms with E-state index in [1.54, 1.807) is 25.3 Å². The molecule has 3 aromatic rings. The Morgan fingerprint density at radius 3 is 2.76 bits per heavy atom. The fourth-order valence-electron chi connectivity index (χ4n) is 3.76. The average molecular weight is 458 g/mol. The van der Waals surface area contributed by atoms with E-state index >= 15 is 0 Å². The number of amides is 1. The number of ether oxygens (including phenoxy) is 3. The van der Waals surface area contributed by atoms with E-state index in [2.05, 4.69) is 5.16 Å². The van der Waals surface area contributed by atoms with Gasteiger partial charge in [-0.25, -0.2) is 14.0 Å². The van der Waals surface area contributed by atoms with Gasteiger partial charge in [0.2, 0.25) is 12.1 Å². The van der Waals surface area contributed by atoms with Crippen LogP contribution in [0.3, 0.4) is 0 Å². The van der Waals surface area contributed by atoms with Gasteiger partial charge in [0.15, 0.2) is 6.29 Å². The van der Waals surface area contributed by atoms with Crippen LogP contribution >= 0.6 is 0 Å². The number of anilines is 1. The zero-order valence-electron chi connectivity index (χ0n) is 17.3. The molecular weight excluding hydrogens is 439 g/mol. The van der Waals surface area contributed by atoms with Crippen LogP contribution in [-0.4, -0.2) is 52.4 Å². The predicted molar refractivity (Wildman–Crippen MR) is 109 cm³/mol. The molecular formula is C21H19FN4O7. The van der Waals surface area contributed by atoms with E-state index in [0.29, 0.717) is 11.3 Å². The first-order valence-electron chi connectivity index (χ1n) is 10.1. The Morgan fingerprint density at radius 1 is 1.33 bits per heavy atom. The first-order valence-corrected chi connectivity index (χ1v) is 10.1. The van der Waals surface area contributed by atoms with Gasteiger partial charge in [0, 0.05) is 24.5 Å². The summed E-state index contributed by atoms with van der Waals surface area (Å²) in [5.74, 6) is -1.90. The van der Waals surface area contributed by atoms with Crippen LogP contribution in [0.5, 0.6) is 0 Å². The van der Waals surface area contributed by atoms with Gasteiger partial charge in [0.05, 0.1) is 17.9 Å². The monoisotopic (exact) mass is 458 g/mol. The van der Waals surface area contributed by atoms with E-state index in [9.17, 15) is 19.1 Å². The van der Waals surface area contributed by atoms with Gasteiger partial charge >= 0.3 is 12.1 Å². The quantitative estimate of drug-likeness (QED) is 0.570. The van der Waals surface area contributed by atoms with Gasteiger partial charge in [0.1, 0.15) is 23.2 Å². The maximum absolute atomic E-state index is 14.9. The number of halogens is 1. The summed E-state index contributed by atoms with van der Waals surface area (Å²) in [5, 5.41) is 13.5. The van der Waals surface area contributed by atoms with Gasteiger partial charge in [-0.2, -0.15) is 0 Å². The SMILES string of the molecule is CC1OC(c2onc(-c3ccn(-c4ccc(N5C[C@H](CN)OC5=O)cc4F)c3)c2C(=O)O)O1.